The summed E-state index contributed by atoms with van der Waals surface area (Å²) in [5.41, 5.74) is 2.38. The summed E-state index contributed by atoms with van der Waals surface area (Å²) in [5, 5.41) is 0.811. The number of unbranched alkanes of at least 4 members (excludes halogenated alkanes) is 1. The fourth-order valence-electron chi connectivity index (χ4n) is 1.35. The minimum absolute atomic E-state index is 0.616. The molecule has 0 amide bonds. The lowest BCUT2D eigenvalue weighted by Crippen LogP contribution is -1.91. The zero-order valence-electron chi connectivity index (χ0n) is 7.72. The van der Waals surface area contributed by atoms with E-state index >= 15 is 0 Å². The molecule has 1 nitrogen and oxygen atoms in total. The molecule has 0 radical (unpaired) electrons. The summed E-state index contributed by atoms with van der Waals surface area (Å²) in [7, 11) is 0. The molecular weight excluding hydrogens is 184 g/mol. The van der Waals surface area contributed by atoms with Crippen LogP contribution in [-0.4, -0.2) is 6.29 Å². The molecule has 0 unspecified atom stereocenters. The van der Waals surface area contributed by atoms with E-state index in [4.69, 9.17) is 11.6 Å². The summed E-state index contributed by atoms with van der Waals surface area (Å²) in [5.74, 6) is 0. The van der Waals surface area contributed by atoms with Crippen molar-refractivity contribution >= 4 is 17.9 Å². The van der Waals surface area contributed by atoms with E-state index in [1.807, 2.05) is 25.1 Å². The average Bonchev–Trinajstić information content (AvgIpc) is 2.10. The summed E-state index contributed by atoms with van der Waals surface area (Å²) in [6.07, 6.45) is 3.34. The lowest BCUT2D eigenvalue weighted by molar-refractivity contribution is -0.107. The van der Waals surface area contributed by atoms with Crippen molar-refractivity contribution in [2.75, 3.05) is 0 Å². The maximum atomic E-state index is 10.1. The van der Waals surface area contributed by atoms with Crippen LogP contribution in [0.2, 0.25) is 5.02 Å². The molecule has 0 saturated carbocycles. The summed E-state index contributed by atoms with van der Waals surface area (Å²) in [6, 6.07) is 5.88. The van der Waals surface area contributed by atoms with E-state index in [1.165, 1.54) is 11.1 Å². The topological polar surface area (TPSA) is 17.1 Å². The fourth-order valence-corrected chi connectivity index (χ4v) is 1.66. The number of rotatable bonds is 4. The molecule has 0 aliphatic rings. The Morgan fingerprint density at radius 1 is 1.46 bits per heavy atom. The van der Waals surface area contributed by atoms with Gasteiger partial charge >= 0.3 is 0 Å². The van der Waals surface area contributed by atoms with Crippen LogP contribution in [0.3, 0.4) is 0 Å². The first-order chi connectivity index (χ1) is 6.25. The van der Waals surface area contributed by atoms with Gasteiger partial charge in [-0.25, -0.2) is 0 Å². The second kappa shape index (κ2) is 5.03. The van der Waals surface area contributed by atoms with Gasteiger partial charge in [0.1, 0.15) is 6.29 Å². The first-order valence-electron chi connectivity index (χ1n) is 4.43. The average molecular weight is 197 g/mol. The highest BCUT2D eigenvalue weighted by Gasteiger charge is 2.02. The monoisotopic (exact) mass is 196 g/mol. The molecule has 0 saturated heterocycles. The van der Waals surface area contributed by atoms with E-state index in [-0.39, 0.29) is 0 Å². The van der Waals surface area contributed by atoms with Gasteiger partial charge < -0.3 is 4.79 Å². The predicted octanol–water partition coefficient (Wildman–Crippen LogP) is 3.17. The molecule has 0 atom stereocenters. The van der Waals surface area contributed by atoms with E-state index < -0.39 is 0 Å². The number of carbonyl (C=O) groups is 1. The normalized spacial score (nSPS) is 10.0. The molecule has 1 rings (SSSR count). The van der Waals surface area contributed by atoms with Crippen LogP contribution >= 0.6 is 11.6 Å². The number of aryl methyl sites for hydroxylation is 1. The van der Waals surface area contributed by atoms with Crippen LogP contribution in [-0.2, 0) is 11.2 Å². The molecule has 0 heterocycles. The van der Waals surface area contributed by atoms with Gasteiger partial charge in [0.2, 0.25) is 0 Å². The molecule has 0 N–H and O–H groups in total. The van der Waals surface area contributed by atoms with Crippen molar-refractivity contribution in [1.29, 1.82) is 0 Å². The molecule has 0 bridgehead atoms. The van der Waals surface area contributed by atoms with Crippen molar-refractivity contribution in [2.24, 2.45) is 0 Å². The first-order valence-corrected chi connectivity index (χ1v) is 4.81. The van der Waals surface area contributed by atoms with Crippen LogP contribution in [0.5, 0.6) is 0 Å². The van der Waals surface area contributed by atoms with Gasteiger partial charge in [-0.1, -0.05) is 23.7 Å². The smallest absolute Gasteiger partial charge is 0.120 e. The quantitative estimate of drug-likeness (QED) is 0.534. The third-order valence-corrected chi connectivity index (χ3v) is 2.46. The van der Waals surface area contributed by atoms with Gasteiger partial charge in [0, 0.05) is 11.4 Å². The standard InChI is InChI=1S/C11H13ClO/c1-9-5-4-7-11(12)10(9)6-2-3-8-13/h4-5,7-8H,2-3,6H2,1H3. The largest absolute Gasteiger partial charge is 0.303 e. The molecule has 2 heteroatoms. The van der Waals surface area contributed by atoms with Crippen LogP contribution in [0, 0.1) is 6.92 Å². The predicted molar refractivity (Wildman–Crippen MR) is 55.2 cm³/mol. The van der Waals surface area contributed by atoms with Gasteiger partial charge in [-0.05, 0) is 37.0 Å². The van der Waals surface area contributed by atoms with E-state index in [1.54, 1.807) is 0 Å². The molecule has 0 fully saturated rings. The summed E-state index contributed by atoms with van der Waals surface area (Å²) in [4.78, 5) is 10.1. The number of hydrogen-bond donors (Lipinski definition) is 0. The van der Waals surface area contributed by atoms with Gasteiger partial charge in [-0.3, -0.25) is 0 Å². The third-order valence-electron chi connectivity index (χ3n) is 2.10. The van der Waals surface area contributed by atoms with Crippen LogP contribution in [0.4, 0.5) is 0 Å². The number of hydrogen-bond acceptors (Lipinski definition) is 1. The van der Waals surface area contributed by atoms with Gasteiger partial charge in [0.05, 0.1) is 0 Å². The number of benzene rings is 1. The van der Waals surface area contributed by atoms with E-state index in [0.29, 0.717) is 6.42 Å². The van der Waals surface area contributed by atoms with E-state index in [9.17, 15) is 4.79 Å². The molecule has 0 aliphatic heterocycles. The van der Waals surface area contributed by atoms with Crippen molar-refractivity contribution in [1.82, 2.24) is 0 Å². The Morgan fingerprint density at radius 2 is 2.23 bits per heavy atom. The van der Waals surface area contributed by atoms with Crippen LogP contribution < -0.4 is 0 Å². The second-order valence-corrected chi connectivity index (χ2v) is 3.50. The minimum atomic E-state index is 0.616. The maximum Gasteiger partial charge on any atom is 0.120 e. The molecule has 70 valence electrons. The van der Waals surface area contributed by atoms with Crippen molar-refractivity contribution in [2.45, 2.75) is 26.2 Å². The number of carbonyl (C=O) groups excluding carboxylic acids is 1. The molecule has 1 aromatic carbocycles. The lowest BCUT2D eigenvalue weighted by atomic mass is 10.0. The Labute approximate surface area is 83.7 Å². The van der Waals surface area contributed by atoms with Gasteiger partial charge in [0.15, 0.2) is 0 Å². The Kier molecular flexibility index (Phi) is 3.97. The Bertz CT molecular complexity index is 274. The summed E-state index contributed by atoms with van der Waals surface area (Å²) < 4.78 is 0. The van der Waals surface area contributed by atoms with Gasteiger partial charge in [-0.2, -0.15) is 0 Å². The molecule has 0 aliphatic carbocycles. The highest BCUT2D eigenvalue weighted by Crippen LogP contribution is 2.21. The molecule has 1 aromatic rings. The van der Waals surface area contributed by atoms with E-state index in [2.05, 4.69) is 0 Å². The lowest BCUT2D eigenvalue weighted by Gasteiger charge is -2.06. The molecule has 0 spiro atoms. The van der Waals surface area contributed by atoms with Crippen LogP contribution in [0.15, 0.2) is 18.2 Å². The highest BCUT2D eigenvalue weighted by atomic mass is 35.5. The minimum Gasteiger partial charge on any atom is -0.303 e. The van der Waals surface area contributed by atoms with Gasteiger partial charge in [-0.15, -0.1) is 0 Å². The molecular formula is C11H13ClO. The fraction of sp³-hybridized carbons (Fsp3) is 0.364. The molecule has 13 heavy (non-hydrogen) atoms. The van der Waals surface area contributed by atoms with E-state index in [0.717, 1.165) is 24.2 Å². The SMILES string of the molecule is Cc1cccc(Cl)c1CCCC=O. The number of halogens is 1. The van der Waals surface area contributed by atoms with Crippen molar-refractivity contribution < 1.29 is 4.79 Å². The van der Waals surface area contributed by atoms with Crippen molar-refractivity contribution in [3.8, 4) is 0 Å². The Morgan fingerprint density at radius 3 is 2.85 bits per heavy atom. The molecule has 0 aromatic heterocycles. The first kappa shape index (κ1) is 10.3. The highest BCUT2D eigenvalue weighted by molar-refractivity contribution is 6.31. The Balaban J connectivity index is 2.69. The van der Waals surface area contributed by atoms with Crippen molar-refractivity contribution in [3.63, 3.8) is 0 Å². The summed E-state index contributed by atoms with van der Waals surface area (Å²) in [6.45, 7) is 2.04. The van der Waals surface area contributed by atoms with Crippen LogP contribution in [0.25, 0.3) is 0 Å². The number of aldehydes is 1. The Hall–Kier alpha value is -0.820. The summed E-state index contributed by atoms with van der Waals surface area (Å²) >= 11 is 6.02. The van der Waals surface area contributed by atoms with Crippen LogP contribution in [0.1, 0.15) is 24.0 Å². The van der Waals surface area contributed by atoms with Crippen molar-refractivity contribution in [3.05, 3.63) is 34.3 Å². The zero-order chi connectivity index (χ0) is 9.68. The zero-order valence-corrected chi connectivity index (χ0v) is 8.47. The van der Waals surface area contributed by atoms with Gasteiger partial charge in [0.25, 0.3) is 0 Å². The maximum absolute atomic E-state index is 10.1. The third kappa shape index (κ3) is 2.85. The second-order valence-electron chi connectivity index (χ2n) is 3.09.